The number of aromatic nitrogens is 2. The van der Waals surface area contributed by atoms with Crippen LogP contribution in [0.2, 0.25) is 5.02 Å². The number of aryl methyl sites for hydroxylation is 1. The Hall–Kier alpha value is -2.47. The fraction of sp³-hybridized carbons (Fsp3) is 0.294. The van der Waals surface area contributed by atoms with Crippen molar-refractivity contribution in [2.75, 3.05) is 7.05 Å². The molecule has 0 radical (unpaired) electrons. The van der Waals surface area contributed by atoms with Crippen molar-refractivity contribution in [3.63, 3.8) is 0 Å². The molecule has 2 heterocycles. The standard InChI is InChI=1S/C17H18ClN5O/c1-10-4-11(6-12(18)5-10)13-8-20-9-14(21-13)17(2)7-15(24)23(3)16(19)22-17/h4-6,8-9H,7H2,1-3H3,(H2,19,22)/t17-/m0/s1. The van der Waals surface area contributed by atoms with Crippen LogP contribution in [-0.2, 0) is 10.3 Å². The summed E-state index contributed by atoms with van der Waals surface area (Å²) in [5.41, 5.74) is 2.43. The predicted molar refractivity (Wildman–Crippen MR) is 92.8 cm³/mol. The molecule has 1 saturated heterocycles. The van der Waals surface area contributed by atoms with Gasteiger partial charge < -0.3 is 5.32 Å². The Morgan fingerprint density at radius 3 is 2.75 bits per heavy atom. The van der Waals surface area contributed by atoms with Crippen LogP contribution in [0.3, 0.4) is 0 Å². The van der Waals surface area contributed by atoms with Crippen molar-refractivity contribution in [2.24, 2.45) is 0 Å². The van der Waals surface area contributed by atoms with Gasteiger partial charge in [-0.2, -0.15) is 0 Å². The summed E-state index contributed by atoms with van der Waals surface area (Å²) in [6.07, 6.45) is 3.50. The van der Waals surface area contributed by atoms with Crippen LogP contribution in [-0.4, -0.2) is 33.8 Å². The lowest BCUT2D eigenvalue weighted by molar-refractivity contribution is -0.129. The van der Waals surface area contributed by atoms with Crippen molar-refractivity contribution >= 4 is 23.5 Å². The molecule has 3 rings (SSSR count). The van der Waals surface area contributed by atoms with Crippen molar-refractivity contribution < 1.29 is 4.79 Å². The molecule has 0 aliphatic carbocycles. The summed E-state index contributed by atoms with van der Waals surface area (Å²) in [6.45, 7) is 3.82. The maximum Gasteiger partial charge on any atom is 0.231 e. The maximum absolute atomic E-state index is 12.1. The number of rotatable bonds is 2. The molecule has 1 atom stereocenters. The Balaban J connectivity index is 2.01. The Kier molecular flexibility index (Phi) is 4.01. The maximum atomic E-state index is 12.1. The summed E-state index contributed by atoms with van der Waals surface area (Å²) < 4.78 is 0. The second-order valence-electron chi connectivity index (χ2n) is 6.24. The zero-order chi connectivity index (χ0) is 17.5. The molecule has 0 unspecified atom stereocenters. The minimum Gasteiger partial charge on any atom is -0.345 e. The molecule has 2 aromatic rings. The highest BCUT2D eigenvalue weighted by molar-refractivity contribution is 6.30. The van der Waals surface area contributed by atoms with Crippen LogP contribution in [0, 0.1) is 12.3 Å². The molecule has 1 amide bonds. The molecule has 2 N–H and O–H groups in total. The summed E-state index contributed by atoms with van der Waals surface area (Å²) in [6, 6.07) is 5.69. The van der Waals surface area contributed by atoms with E-state index in [-0.39, 0.29) is 18.3 Å². The molecule has 124 valence electrons. The molecular weight excluding hydrogens is 326 g/mol. The van der Waals surface area contributed by atoms with Gasteiger partial charge in [0.1, 0.15) is 0 Å². The minimum atomic E-state index is -0.767. The lowest BCUT2D eigenvalue weighted by Gasteiger charge is -2.38. The van der Waals surface area contributed by atoms with E-state index in [1.54, 1.807) is 19.4 Å². The molecule has 1 aliphatic heterocycles. The number of carbonyl (C=O) groups excluding carboxylic acids is 1. The van der Waals surface area contributed by atoms with Gasteiger partial charge in [-0.15, -0.1) is 0 Å². The van der Waals surface area contributed by atoms with E-state index in [4.69, 9.17) is 17.0 Å². The van der Waals surface area contributed by atoms with Gasteiger partial charge in [-0.25, -0.2) is 4.98 Å². The normalized spacial score (nSPS) is 20.9. The zero-order valence-corrected chi connectivity index (χ0v) is 14.5. The third-order valence-corrected chi connectivity index (χ3v) is 4.36. The van der Waals surface area contributed by atoms with Gasteiger partial charge in [0.25, 0.3) is 0 Å². The summed E-state index contributed by atoms with van der Waals surface area (Å²) in [5, 5.41) is 11.6. The van der Waals surface area contributed by atoms with E-state index >= 15 is 0 Å². The lowest BCUT2D eigenvalue weighted by Crippen LogP contribution is -2.58. The van der Waals surface area contributed by atoms with E-state index in [2.05, 4.69) is 15.3 Å². The van der Waals surface area contributed by atoms with Crippen molar-refractivity contribution in [3.05, 3.63) is 46.9 Å². The van der Waals surface area contributed by atoms with Crippen LogP contribution < -0.4 is 5.32 Å². The number of benzene rings is 1. The molecule has 1 aromatic carbocycles. The zero-order valence-electron chi connectivity index (χ0n) is 13.7. The topological polar surface area (TPSA) is 82.0 Å². The second kappa shape index (κ2) is 5.87. The lowest BCUT2D eigenvalue weighted by atomic mass is 9.91. The number of amides is 1. The van der Waals surface area contributed by atoms with Crippen LogP contribution in [0.5, 0.6) is 0 Å². The van der Waals surface area contributed by atoms with Crippen molar-refractivity contribution in [1.29, 1.82) is 5.41 Å². The molecule has 0 bridgehead atoms. The number of halogens is 1. The van der Waals surface area contributed by atoms with Gasteiger partial charge in [-0.3, -0.25) is 20.1 Å². The van der Waals surface area contributed by atoms with E-state index in [1.807, 2.05) is 32.0 Å². The van der Waals surface area contributed by atoms with Gasteiger partial charge >= 0.3 is 0 Å². The molecule has 1 fully saturated rings. The SMILES string of the molecule is Cc1cc(Cl)cc(-c2cncc([C@]3(C)CC(=O)N(C)C(=N)N3)n2)c1. The van der Waals surface area contributed by atoms with Crippen LogP contribution in [0.4, 0.5) is 0 Å². The van der Waals surface area contributed by atoms with Crippen LogP contribution in [0.15, 0.2) is 30.6 Å². The second-order valence-corrected chi connectivity index (χ2v) is 6.68. The average Bonchev–Trinajstić information content (AvgIpc) is 2.52. The first-order valence-electron chi connectivity index (χ1n) is 7.52. The molecular formula is C17H18ClN5O. The average molecular weight is 344 g/mol. The van der Waals surface area contributed by atoms with Gasteiger partial charge in [-0.05, 0) is 37.6 Å². The third-order valence-electron chi connectivity index (χ3n) is 4.15. The van der Waals surface area contributed by atoms with Gasteiger partial charge in [0, 0.05) is 17.6 Å². The molecule has 1 aliphatic rings. The van der Waals surface area contributed by atoms with E-state index in [0.717, 1.165) is 11.1 Å². The Morgan fingerprint density at radius 2 is 2.08 bits per heavy atom. The van der Waals surface area contributed by atoms with E-state index in [1.165, 1.54) is 4.90 Å². The molecule has 24 heavy (non-hydrogen) atoms. The smallest absolute Gasteiger partial charge is 0.231 e. The predicted octanol–water partition coefficient (Wildman–Crippen LogP) is 2.71. The van der Waals surface area contributed by atoms with E-state index < -0.39 is 5.54 Å². The van der Waals surface area contributed by atoms with Crippen molar-refractivity contribution in [1.82, 2.24) is 20.2 Å². The summed E-state index contributed by atoms with van der Waals surface area (Å²) in [7, 11) is 1.58. The van der Waals surface area contributed by atoms with Crippen LogP contribution >= 0.6 is 11.6 Å². The quantitative estimate of drug-likeness (QED) is 0.878. The minimum absolute atomic E-state index is 0.0551. The Bertz CT molecular complexity index is 797. The first-order chi connectivity index (χ1) is 11.3. The fourth-order valence-electron chi connectivity index (χ4n) is 2.74. The largest absolute Gasteiger partial charge is 0.345 e. The molecule has 0 spiro atoms. The Morgan fingerprint density at radius 1 is 1.33 bits per heavy atom. The van der Waals surface area contributed by atoms with Gasteiger partial charge in [0.2, 0.25) is 5.91 Å². The van der Waals surface area contributed by atoms with Crippen LogP contribution in [0.1, 0.15) is 24.6 Å². The van der Waals surface area contributed by atoms with Gasteiger partial charge in [0.15, 0.2) is 5.96 Å². The number of nitrogens with one attached hydrogen (secondary N) is 2. The van der Waals surface area contributed by atoms with Crippen molar-refractivity contribution in [2.45, 2.75) is 25.8 Å². The molecule has 0 saturated carbocycles. The number of nitrogens with zero attached hydrogens (tertiary/aromatic N) is 3. The molecule has 1 aromatic heterocycles. The van der Waals surface area contributed by atoms with E-state index in [9.17, 15) is 4.79 Å². The van der Waals surface area contributed by atoms with Gasteiger partial charge in [0.05, 0.1) is 35.7 Å². The van der Waals surface area contributed by atoms with E-state index in [0.29, 0.717) is 16.4 Å². The first kappa shape index (κ1) is 16.4. The summed E-state index contributed by atoms with van der Waals surface area (Å²) >= 11 is 6.13. The van der Waals surface area contributed by atoms with Gasteiger partial charge in [-0.1, -0.05) is 11.6 Å². The summed E-state index contributed by atoms with van der Waals surface area (Å²) in [4.78, 5) is 22.3. The third kappa shape index (κ3) is 2.97. The van der Waals surface area contributed by atoms with Crippen LogP contribution in [0.25, 0.3) is 11.3 Å². The highest BCUT2D eigenvalue weighted by atomic mass is 35.5. The first-order valence-corrected chi connectivity index (χ1v) is 7.90. The number of carbonyl (C=O) groups is 1. The monoisotopic (exact) mass is 343 g/mol. The molecule has 6 nitrogen and oxygen atoms in total. The highest BCUT2D eigenvalue weighted by Gasteiger charge is 2.39. The highest BCUT2D eigenvalue weighted by Crippen LogP contribution is 2.29. The Labute approximate surface area is 145 Å². The molecule has 7 heteroatoms. The van der Waals surface area contributed by atoms with Crippen molar-refractivity contribution in [3.8, 4) is 11.3 Å². The number of guanidine groups is 1. The number of hydrogen-bond acceptors (Lipinski definition) is 4. The summed E-state index contributed by atoms with van der Waals surface area (Å²) in [5.74, 6) is -0.0772. The number of hydrogen-bond donors (Lipinski definition) is 2. The fourth-order valence-corrected chi connectivity index (χ4v) is 3.03.